The number of carbonyl (C=O) groups is 1. The zero-order valence-corrected chi connectivity index (χ0v) is 11.2. The van der Waals surface area contributed by atoms with Crippen LogP contribution in [0.25, 0.3) is 0 Å². The Kier molecular flexibility index (Phi) is 7.39. The number of methoxy groups -OCH3 is 1. The summed E-state index contributed by atoms with van der Waals surface area (Å²) in [6, 6.07) is 3.40. The predicted molar refractivity (Wildman–Crippen MR) is 67.2 cm³/mol. The monoisotopic (exact) mass is 278 g/mol. The predicted octanol–water partition coefficient (Wildman–Crippen LogP) is 2.26. The minimum absolute atomic E-state index is 0.0567. The quantitative estimate of drug-likeness (QED) is 0.513. The molecule has 0 saturated carbocycles. The molecule has 6 heteroatoms. The van der Waals surface area contributed by atoms with Gasteiger partial charge in [-0.15, -0.1) is 11.3 Å². The van der Waals surface area contributed by atoms with E-state index in [1.165, 1.54) is 11.3 Å². The minimum atomic E-state index is -0.0567. The summed E-state index contributed by atoms with van der Waals surface area (Å²) in [7, 11) is 1.62. The van der Waals surface area contributed by atoms with E-state index >= 15 is 0 Å². The molecule has 0 radical (unpaired) electrons. The van der Waals surface area contributed by atoms with Crippen molar-refractivity contribution >= 4 is 28.7 Å². The van der Waals surface area contributed by atoms with E-state index in [-0.39, 0.29) is 12.4 Å². The van der Waals surface area contributed by atoms with Crippen molar-refractivity contribution in [3.8, 4) is 0 Å². The van der Waals surface area contributed by atoms with Gasteiger partial charge in [-0.3, -0.25) is 4.79 Å². The molecule has 96 valence electrons. The van der Waals surface area contributed by atoms with Crippen LogP contribution in [0, 0.1) is 0 Å². The van der Waals surface area contributed by atoms with Crippen molar-refractivity contribution in [2.24, 2.45) is 0 Å². The van der Waals surface area contributed by atoms with E-state index in [4.69, 9.17) is 25.8 Å². The number of ketones is 1. The molecule has 0 amide bonds. The van der Waals surface area contributed by atoms with Crippen molar-refractivity contribution in [3.63, 3.8) is 0 Å². The van der Waals surface area contributed by atoms with Gasteiger partial charge < -0.3 is 14.2 Å². The van der Waals surface area contributed by atoms with Gasteiger partial charge in [-0.2, -0.15) is 0 Å². The molecule has 1 aromatic rings. The summed E-state index contributed by atoms with van der Waals surface area (Å²) >= 11 is 6.99. The first-order chi connectivity index (χ1) is 8.24. The van der Waals surface area contributed by atoms with Gasteiger partial charge >= 0.3 is 0 Å². The van der Waals surface area contributed by atoms with Gasteiger partial charge in [0.25, 0.3) is 0 Å². The SMILES string of the molecule is COCCOCCOCC(=O)c1ccc(Cl)s1. The molecular formula is C11H15ClO4S. The number of carbonyl (C=O) groups excluding carboxylic acids is 1. The number of ether oxygens (including phenoxy) is 3. The molecule has 0 fully saturated rings. The van der Waals surface area contributed by atoms with Crippen molar-refractivity contribution in [1.82, 2.24) is 0 Å². The Morgan fingerprint density at radius 1 is 1.24 bits per heavy atom. The van der Waals surface area contributed by atoms with Crippen molar-refractivity contribution in [3.05, 3.63) is 21.3 Å². The second-order valence-electron chi connectivity index (χ2n) is 3.18. The highest BCUT2D eigenvalue weighted by atomic mass is 35.5. The van der Waals surface area contributed by atoms with Crippen LogP contribution in [0.3, 0.4) is 0 Å². The molecule has 0 bridgehead atoms. The lowest BCUT2D eigenvalue weighted by molar-refractivity contribution is 0.0254. The fourth-order valence-electron chi connectivity index (χ4n) is 1.06. The van der Waals surface area contributed by atoms with Crippen LogP contribution in [-0.4, -0.2) is 45.9 Å². The average molecular weight is 279 g/mol. The Morgan fingerprint density at radius 2 is 1.94 bits per heavy atom. The summed E-state index contributed by atoms with van der Waals surface area (Å²) in [5.74, 6) is -0.0567. The molecule has 0 N–H and O–H groups in total. The van der Waals surface area contributed by atoms with Crippen LogP contribution in [0.4, 0.5) is 0 Å². The van der Waals surface area contributed by atoms with Crippen LogP contribution >= 0.6 is 22.9 Å². The summed E-state index contributed by atoms with van der Waals surface area (Å²) in [6.45, 7) is 2.02. The van der Waals surface area contributed by atoms with Gasteiger partial charge in [0.1, 0.15) is 6.61 Å². The Morgan fingerprint density at radius 3 is 2.59 bits per heavy atom. The molecule has 4 nitrogen and oxygen atoms in total. The smallest absolute Gasteiger partial charge is 0.198 e. The van der Waals surface area contributed by atoms with E-state index in [1.54, 1.807) is 19.2 Å². The Hall–Kier alpha value is -0.460. The number of rotatable bonds is 9. The third kappa shape index (κ3) is 6.14. The fraction of sp³-hybridized carbons (Fsp3) is 0.545. The van der Waals surface area contributed by atoms with Crippen LogP contribution in [0.5, 0.6) is 0 Å². The number of halogens is 1. The molecule has 0 saturated heterocycles. The molecule has 0 unspecified atom stereocenters. The molecule has 1 heterocycles. The molecule has 0 aromatic carbocycles. The van der Waals surface area contributed by atoms with Crippen LogP contribution in [-0.2, 0) is 14.2 Å². The molecular weight excluding hydrogens is 264 g/mol. The molecule has 0 aliphatic heterocycles. The summed E-state index contributed by atoms with van der Waals surface area (Å²) in [5.41, 5.74) is 0. The molecule has 17 heavy (non-hydrogen) atoms. The highest BCUT2D eigenvalue weighted by molar-refractivity contribution is 7.18. The van der Waals surface area contributed by atoms with E-state index in [0.717, 1.165) is 0 Å². The zero-order chi connectivity index (χ0) is 12.5. The number of Topliss-reactive ketones (excluding diaryl/α,β-unsaturated/α-hetero) is 1. The van der Waals surface area contributed by atoms with Gasteiger partial charge in [0, 0.05) is 7.11 Å². The Balaban J connectivity index is 2.05. The van der Waals surface area contributed by atoms with Gasteiger partial charge in [0.15, 0.2) is 5.78 Å². The lowest BCUT2D eigenvalue weighted by Gasteiger charge is -2.04. The van der Waals surface area contributed by atoms with E-state index < -0.39 is 0 Å². The molecule has 1 aromatic heterocycles. The fourth-order valence-corrected chi connectivity index (χ4v) is 2.03. The first-order valence-electron chi connectivity index (χ1n) is 5.17. The average Bonchev–Trinajstić information content (AvgIpc) is 2.74. The third-order valence-electron chi connectivity index (χ3n) is 1.88. The molecule has 0 spiro atoms. The highest BCUT2D eigenvalue weighted by Crippen LogP contribution is 2.21. The topological polar surface area (TPSA) is 44.8 Å². The number of thiophene rings is 1. The summed E-state index contributed by atoms with van der Waals surface area (Å²) in [4.78, 5) is 12.2. The number of hydrogen-bond acceptors (Lipinski definition) is 5. The van der Waals surface area contributed by atoms with E-state index in [1.807, 2.05) is 0 Å². The molecule has 1 rings (SSSR count). The second-order valence-corrected chi connectivity index (χ2v) is 4.90. The van der Waals surface area contributed by atoms with Gasteiger partial charge in [0.2, 0.25) is 0 Å². The molecule has 0 aliphatic rings. The van der Waals surface area contributed by atoms with Gasteiger partial charge in [-0.25, -0.2) is 0 Å². The van der Waals surface area contributed by atoms with Crippen molar-refractivity contribution < 1.29 is 19.0 Å². The lowest BCUT2D eigenvalue weighted by Crippen LogP contribution is -2.13. The maximum atomic E-state index is 11.6. The van der Waals surface area contributed by atoms with E-state index in [0.29, 0.717) is 35.6 Å². The van der Waals surface area contributed by atoms with Gasteiger partial charge in [0.05, 0.1) is 35.6 Å². The van der Waals surface area contributed by atoms with Crippen LogP contribution < -0.4 is 0 Å². The van der Waals surface area contributed by atoms with E-state index in [2.05, 4.69) is 0 Å². The van der Waals surface area contributed by atoms with Crippen molar-refractivity contribution in [2.75, 3.05) is 40.1 Å². The minimum Gasteiger partial charge on any atom is -0.382 e. The van der Waals surface area contributed by atoms with Crippen LogP contribution in [0.2, 0.25) is 4.34 Å². The molecule has 0 atom stereocenters. The van der Waals surface area contributed by atoms with E-state index in [9.17, 15) is 4.79 Å². The molecule has 0 aliphatic carbocycles. The Bertz CT molecular complexity index is 340. The first-order valence-corrected chi connectivity index (χ1v) is 6.36. The van der Waals surface area contributed by atoms with Gasteiger partial charge in [-0.05, 0) is 12.1 Å². The van der Waals surface area contributed by atoms with Crippen molar-refractivity contribution in [1.29, 1.82) is 0 Å². The standard InChI is InChI=1S/C11H15ClO4S/c1-14-4-5-15-6-7-16-8-9(13)10-2-3-11(12)17-10/h2-3H,4-8H2,1H3. The van der Waals surface area contributed by atoms with Crippen LogP contribution in [0.1, 0.15) is 9.67 Å². The number of hydrogen-bond donors (Lipinski definition) is 0. The van der Waals surface area contributed by atoms with Gasteiger partial charge in [-0.1, -0.05) is 11.6 Å². The summed E-state index contributed by atoms with van der Waals surface area (Å²) < 4.78 is 15.8. The highest BCUT2D eigenvalue weighted by Gasteiger charge is 2.08. The maximum absolute atomic E-state index is 11.6. The lowest BCUT2D eigenvalue weighted by atomic mass is 10.3. The van der Waals surface area contributed by atoms with Crippen LogP contribution in [0.15, 0.2) is 12.1 Å². The zero-order valence-electron chi connectivity index (χ0n) is 9.61. The first kappa shape index (κ1) is 14.6. The second kappa shape index (κ2) is 8.60. The Labute approximate surface area is 109 Å². The largest absolute Gasteiger partial charge is 0.382 e. The normalized spacial score (nSPS) is 10.7. The maximum Gasteiger partial charge on any atom is 0.198 e. The summed E-state index contributed by atoms with van der Waals surface area (Å²) in [5, 5.41) is 0. The van der Waals surface area contributed by atoms with Crippen molar-refractivity contribution in [2.45, 2.75) is 0 Å². The summed E-state index contributed by atoms with van der Waals surface area (Å²) in [6.07, 6.45) is 0. The third-order valence-corrected chi connectivity index (χ3v) is 3.16.